The van der Waals surface area contributed by atoms with Crippen molar-refractivity contribution in [2.75, 3.05) is 7.11 Å². The summed E-state index contributed by atoms with van der Waals surface area (Å²) in [7, 11) is 1.51. The zero-order valence-electron chi connectivity index (χ0n) is 10.0. The van der Waals surface area contributed by atoms with E-state index in [1.807, 2.05) is 0 Å². The van der Waals surface area contributed by atoms with Crippen LogP contribution in [0.3, 0.4) is 0 Å². The molecule has 0 aliphatic heterocycles. The van der Waals surface area contributed by atoms with E-state index in [0.717, 1.165) is 6.08 Å². The maximum Gasteiger partial charge on any atom is 0.328 e. The Kier molecular flexibility index (Phi) is 5.09. The molecule has 1 rings (SSSR count). The van der Waals surface area contributed by atoms with Crippen molar-refractivity contribution in [2.45, 2.75) is 11.8 Å². The van der Waals surface area contributed by atoms with Crippen molar-refractivity contribution in [3.8, 4) is 5.75 Å². The summed E-state index contributed by atoms with van der Waals surface area (Å²) in [6, 6.07) is 4.92. The molecule has 5 heteroatoms. The molecule has 0 saturated carbocycles. The van der Waals surface area contributed by atoms with Gasteiger partial charge in [0.1, 0.15) is 5.75 Å². The molecular weight excluding hydrogens is 300 g/mol. The van der Waals surface area contributed by atoms with Crippen LogP contribution in [0, 0.1) is 0 Å². The van der Waals surface area contributed by atoms with Crippen molar-refractivity contribution in [1.29, 1.82) is 0 Å². The van der Waals surface area contributed by atoms with Gasteiger partial charge in [-0.3, -0.25) is 4.79 Å². The highest BCUT2D eigenvalue weighted by molar-refractivity contribution is 9.10. The molecule has 18 heavy (non-hydrogen) atoms. The first-order valence-corrected chi connectivity index (χ1v) is 6.14. The Bertz CT molecular complexity index is 492. The summed E-state index contributed by atoms with van der Waals surface area (Å²) in [6.07, 6.45) is 2.37. The fourth-order valence-electron chi connectivity index (χ4n) is 1.41. The number of carbonyl (C=O) groups is 2. The zero-order valence-corrected chi connectivity index (χ0v) is 11.6. The summed E-state index contributed by atoms with van der Waals surface area (Å²) in [5.74, 6) is -0.607. The number of hydrogen-bond acceptors (Lipinski definition) is 3. The number of halogens is 1. The first-order chi connectivity index (χ1) is 8.45. The highest BCUT2D eigenvalue weighted by Crippen LogP contribution is 2.22. The number of ketones is 1. The number of carboxylic acids is 1. The van der Waals surface area contributed by atoms with Crippen LogP contribution in [-0.2, 0) is 4.79 Å². The monoisotopic (exact) mass is 312 g/mol. The lowest BCUT2D eigenvalue weighted by Gasteiger charge is -2.09. The summed E-state index contributed by atoms with van der Waals surface area (Å²) in [4.78, 5) is 22.1. The SMILES string of the molecule is COc1ccc(C(=O)C(C)Br)c(C=CC(=O)O)c1. The molecule has 0 fully saturated rings. The fraction of sp³-hybridized carbons (Fsp3) is 0.231. The molecule has 0 spiro atoms. The van der Waals surface area contributed by atoms with Gasteiger partial charge >= 0.3 is 5.97 Å². The second-order valence-electron chi connectivity index (χ2n) is 3.61. The van der Waals surface area contributed by atoms with Crippen LogP contribution in [0.4, 0.5) is 0 Å². The van der Waals surface area contributed by atoms with Crippen LogP contribution >= 0.6 is 15.9 Å². The lowest BCUT2D eigenvalue weighted by Crippen LogP contribution is -2.11. The molecular formula is C13H13BrO4. The maximum absolute atomic E-state index is 11.9. The molecule has 1 N–H and O–H groups in total. The van der Waals surface area contributed by atoms with E-state index in [2.05, 4.69) is 15.9 Å². The summed E-state index contributed by atoms with van der Waals surface area (Å²) >= 11 is 3.21. The van der Waals surface area contributed by atoms with Gasteiger partial charge in [-0.15, -0.1) is 0 Å². The molecule has 0 heterocycles. The number of methoxy groups -OCH3 is 1. The Morgan fingerprint density at radius 1 is 1.44 bits per heavy atom. The highest BCUT2D eigenvalue weighted by atomic mass is 79.9. The average molecular weight is 313 g/mol. The Labute approximate surface area is 113 Å². The number of carboxylic acid groups (broad SMARTS) is 1. The topological polar surface area (TPSA) is 63.6 Å². The molecule has 0 aliphatic rings. The van der Waals surface area contributed by atoms with E-state index in [4.69, 9.17) is 9.84 Å². The summed E-state index contributed by atoms with van der Waals surface area (Å²) in [6.45, 7) is 1.72. The van der Waals surface area contributed by atoms with Crippen LogP contribution in [0.2, 0.25) is 0 Å². The molecule has 4 nitrogen and oxygen atoms in total. The van der Waals surface area contributed by atoms with Gasteiger partial charge in [-0.05, 0) is 36.8 Å². The quantitative estimate of drug-likeness (QED) is 0.516. The average Bonchev–Trinajstić information content (AvgIpc) is 2.34. The molecule has 0 saturated heterocycles. The number of aliphatic carboxylic acids is 1. The van der Waals surface area contributed by atoms with Crippen LogP contribution in [0.15, 0.2) is 24.3 Å². The molecule has 0 amide bonds. The number of ether oxygens (including phenoxy) is 1. The summed E-state index contributed by atoms with van der Waals surface area (Å²) in [5.41, 5.74) is 0.978. The third-order valence-corrected chi connectivity index (χ3v) is 2.71. The summed E-state index contributed by atoms with van der Waals surface area (Å²) in [5, 5.41) is 8.63. The first-order valence-electron chi connectivity index (χ1n) is 5.23. The molecule has 0 aromatic heterocycles. The van der Waals surface area contributed by atoms with Crippen molar-refractivity contribution in [3.05, 3.63) is 35.4 Å². The lowest BCUT2D eigenvalue weighted by atomic mass is 10.0. The second kappa shape index (κ2) is 6.35. The highest BCUT2D eigenvalue weighted by Gasteiger charge is 2.15. The third-order valence-electron chi connectivity index (χ3n) is 2.29. The van der Waals surface area contributed by atoms with Crippen LogP contribution in [0.25, 0.3) is 6.08 Å². The zero-order chi connectivity index (χ0) is 13.7. The van der Waals surface area contributed by atoms with Crippen molar-refractivity contribution in [1.82, 2.24) is 0 Å². The molecule has 0 aliphatic carbocycles. The molecule has 96 valence electrons. The normalized spacial score (nSPS) is 12.4. The van der Waals surface area contributed by atoms with Crippen LogP contribution < -0.4 is 4.74 Å². The fourth-order valence-corrected chi connectivity index (χ4v) is 1.65. The second-order valence-corrected chi connectivity index (χ2v) is 4.98. The minimum absolute atomic E-state index is 0.109. The summed E-state index contributed by atoms with van der Waals surface area (Å²) < 4.78 is 5.05. The van der Waals surface area contributed by atoms with Crippen LogP contribution in [0.5, 0.6) is 5.75 Å². The maximum atomic E-state index is 11.9. The van der Waals surface area contributed by atoms with E-state index in [1.165, 1.54) is 13.2 Å². The van der Waals surface area contributed by atoms with Gasteiger partial charge in [-0.25, -0.2) is 4.79 Å². The van der Waals surface area contributed by atoms with Crippen LogP contribution in [0.1, 0.15) is 22.8 Å². The Morgan fingerprint density at radius 2 is 2.11 bits per heavy atom. The molecule has 0 radical (unpaired) electrons. The predicted molar refractivity (Wildman–Crippen MR) is 72.4 cm³/mol. The van der Waals surface area contributed by atoms with Gasteiger partial charge in [0.05, 0.1) is 11.9 Å². The van der Waals surface area contributed by atoms with E-state index in [-0.39, 0.29) is 10.6 Å². The largest absolute Gasteiger partial charge is 0.497 e. The molecule has 0 bridgehead atoms. The van der Waals surface area contributed by atoms with Gasteiger partial charge in [0.15, 0.2) is 5.78 Å². The lowest BCUT2D eigenvalue weighted by molar-refractivity contribution is -0.131. The molecule has 1 aromatic rings. The van der Waals surface area contributed by atoms with Crippen molar-refractivity contribution < 1.29 is 19.4 Å². The number of hydrogen-bond donors (Lipinski definition) is 1. The third kappa shape index (κ3) is 3.70. The van der Waals surface area contributed by atoms with Gasteiger partial charge in [0.2, 0.25) is 0 Å². The Hall–Kier alpha value is -1.62. The number of Topliss-reactive ketones (excluding diaryl/α,β-unsaturated/α-hetero) is 1. The minimum atomic E-state index is -1.07. The van der Waals surface area contributed by atoms with Crippen molar-refractivity contribution in [3.63, 3.8) is 0 Å². The van der Waals surface area contributed by atoms with Crippen molar-refractivity contribution >= 4 is 33.8 Å². The standard InChI is InChI=1S/C13H13BrO4/c1-8(14)13(17)11-5-4-10(18-2)7-9(11)3-6-12(15)16/h3-8H,1-2H3,(H,15,16). The number of rotatable bonds is 5. The molecule has 1 aromatic carbocycles. The molecule has 1 atom stereocenters. The smallest absolute Gasteiger partial charge is 0.328 e. The van der Waals surface area contributed by atoms with Gasteiger partial charge in [0, 0.05) is 11.6 Å². The van der Waals surface area contributed by atoms with Gasteiger partial charge in [-0.2, -0.15) is 0 Å². The van der Waals surface area contributed by atoms with Crippen molar-refractivity contribution in [2.24, 2.45) is 0 Å². The number of benzene rings is 1. The molecule has 1 unspecified atom stereocenters. The van der Waals surface area contributed by atoms with Gasteiger partial charge < -0.3 is 9.84 Å². The first kappa shape index (κ1) is 14.4. The van der Waals surface area contributed by atoms with Gasteiger partial charge in [-0.1, -0.05) is 15.9 Å². The Balaban J connectivity index is 3.24. The van der Waals surface area contributed by atoms with E-state index in [0.29, 0.717) is 16.9 Å². The van der Waals surface area contributed by atoms with Gasteiger partial charge in [0.25, 0.3) is 0 Å². The minimum Gasteiger partial charge on any atom is -0.497 e. The predicted octanol–water partition coefficient (Wildman–Crippen LogP) is 2.76. The van der Waals surface area contributed by atoms with E-state index in [1.54, 1.807) is 25.1 Å². The van der Waals surface area contributed by atoms with E-state index in [9.17, 15) is 9.59 Å². The van der Waals surface area contributed by atoms with E-state index < -0.39 is 5.97 Å². The number of carbonyl (C=O) groups excluding carboxylic acids is 1. The van der Waals surface area contributed by atoms with E-state index >= 15 is 0 Å². The van der Waals surface area contributed by atoms with Crippen LogP contribution in [-0.4, -0.2) is 28.8 Å². The Morgan fingerprint density at radius 3 is 2.61 bits per heavy atom. The number of alkyl halides is 1.